The first-order valence-corrected chi connectivity index (χ1v) is 24.8. The molecule has 2 aromatic heterocycles. The Balaban J connectivity index is 1.17. The zero-order chi connectivity index (χ0) is 49.3. The Bertz CT molecular complexity index is 2600. The summed E-state index contributed by atoms with van der Waals surface area (Å²) in [7, 11) is 3.76. The quantitative estimate of drug-likeness (QED) is 0.132. The Morgan fingerprint density at radius 2 is 1.75 bits per heavy atom. The van der Waals surface area contributed by atoms with Crippen molar-refractivity contribution in [3.05, 3.63) is 84.2 Å². The molecule has 0 aliphatic carbocycles. The number of aromatic nitrogens is 2. The van der Waals surface area contributed by atoms with E-state index in [1.807, 2.05) is 32.2 Å². The zero-order valence-electron chi connectivity index (χ0n) is 41.4. The Morgan fingerprint density at radius 3 is 2.45 bits per heavy atom. The highest BCUT2D eigenvalue weighted by molar-refractivity contribution is 5.96. The number of carbonyl (C=O) groups is 5. The first-order valence-electron chi connectivity index (χ1n) is 24.8. The van der Waals surface area contributed by atoms with Crippen LogP contribution in [0.3, 0.4) is 0 Å². The summed E-state index contributed by atoms with van der Waals surface area (Å²) < 4.78 is 8.47. The fourth-order valence-electron chi connectivity index (χ4n) is 11.0. The Kier molecular flexibility index (Phi) is 14.7. The molecule has 1 unspecified atom stereocenters. The standard InChI is InChI=1S/C54H70N8O7/c1-9-47(64)60-23-19-38(31-60)51(66)59(8)48(33(3)4)50(65)56-45-26-34-24-39(27-40(63)25-34)36-14-16-46-41(28-36)42(29-54(5,6)32-69-53(68)44-12-11-20-62(57-44)52(45)67)49(61(46)10-2)37-13-15-43(55-30-37)35-17-21-58(7)22-18-35/h9,13-16,24-25,27-28,30,33,35,38,44-45,48,57,63H,1,10-12,17-23,26,29,31-32H2,2-8H3,(H,56,65)/t38-,44-,45-,48?/m0/s1. The van der Waals surface area contributed by atoms with Gasteiger partial charge in [-0.2, -0.15) is 0 Å². The molecule has 4 amide bonds. The molecule has 0 spiro atoms. The minimum absolute atomic E-state index is 0.00158. The number of likely N-dealkylation sites (N-methyl/N-ethyl adjacent to an activating group) is 1. The third kappa shape index (κ3) is 10.6. The van der Waals surface area contributed by atoms with Gasteiger partial charge in [0, 0.05) is 79.3 Å². The first-order chi connectivity index (χ1) is 32.9. The van der Waals surface area contributed by atoms with E-state index < -0.39 is 47.2 Å². The number of phenols is 1. The zero-order valence-corrected chi connectivity index (χ0v) is 41.4. The molecule has 6 bridgehead atoms. The molecule has 2 aromatic carbocycles. The summed E-state index contributed by atoms with van der Waals surface area (Å²) in [5, 5.41) is 16.8. The maximum Gasteiger partial charge on any atom is 0.324 e. The number of piperidine rings is 1. The summed E-state index contributed by atoms with van der Waals surface area (Å²) in [4.78, 5) is 80.0. The molecule has 3 N–H and O–H groups in total. The van der Waals surface area contributed by atoms with Crippen LogP contribution in [-0.4, -0.2) is 136 Å². The summed E-state index contributed by atoms with van der Waals surface area (Å²) in [5.41, 5.74) is 10.2. The number of hydrogen-bond acceptors (Lipinski definition) is 10. The van der Waals surface area contributed by atoms with Gasteiger partial charge < -0.3 is 34.4 Å². The number of fused-ring (bicyclic) bond motifs is 6. The van der Waals surface area contributed by atoms with Crippen LogP contribution in [0.15, 0.2) is 67.4 Å². The highest BCUT2D eigenvalue weighted by atomic mass is 16.5. The number of nitrogens with one attached hydrogen (secondary N) is 2. The number of cyclic esters (lactones) is 1. The average molecular weight is 943 g/mol. The molecule has 6 heterocycles. The van der Waals surface area contributed by atoms with Gasteiger partial charge in [0.2, 0.25) is 17.7 Å². The topological polar surface area (TPSA) is 170 Å². The molecular formula is C54H70N8O7. The van der Waals surface area contributed by atoms with Crippen molar-refractivity contribution in [3.63, 3.8) is 0 Å². The van der Waals surface area contributed by atoms with Crippen molar-refractivity contribution in [2.75, 3.05) is 53.4 Å². The van der Waals surface area contributed by atoms with E-state index in [0.29, 0.717) is 50.3 Å². The number of hydrogen-bond donors (Lipinski definition) is 3. The number of benzene rings is 2. The van der Waals surface area contributed by atoms with E-state index in [-0.39, 0.29) is 49.6 Å². The number of aromatic hydroxyl groups is 1. The van der Waals surface area contributed by atoms with Gasteiger partial charge in [0.25, 0.3) is 5.91 Å². The normalized spacial score (nSPS) is 22.0. The predicted molar refractivity (Wildman–Crippen MR) is 266 cm³/mol. The molecule has 8 rings (SSSR count). The van der Waals surface area contributed by atoms with E-state index in [2.05, 4.69) is 78.9 Å². The molecule has 0 radical (unpaired) electrons. The highest BCUT2D eigenvalue weighted by Gasteiger charge is 2.40. The molecule has 4 aromatic rings. The Labute approximate surface area is 406 Å². The van der Waals surface area contributed by atoms with E-state index in [4.69, 9.17) is 9.72 Å². The van der Waals surface area contributed by atoms with Gasteiger partial charge in [-0.25, -0.2) is 5.43 Å². The molecule has 69 heavy (non-hydrogen) atoms. The maximum atomic E-state index is 14.7. The first kappa shape index (κ1) is 49.4. The van der Waals surface area contributed by atoms with Gasteiger partial charge in [-0.1, -0.05) is 46.4 Å². The van der Waals surface area contributed by atoms with Gasteiger partial charge in [-0.3, -0.25) is 34.0 Å². The van der Waals surface area contributed by atoms with Gasteiger partial charge in [-0.15, -0.1) is 0 Å². The second kappa shape index (κ2) is 20.5. The Morgan fingerprint density at radius 1 is 1.00 bits per heavy atom. The number of aryl methyl sites for hydroxylation is 1. The fourth-order valence-corrected chi connectivity index (χ4v) is 11.0. The number of rotatable bonds is 9. The van der Waals surface area contributed by atoms with E-state index in [9.17, 15) is 29.1 Å². The summed E-state index contributed by atoms with van der Waals surface area (Å²) >= 11 is 0. The number of phenolic OH excluding ortho intramolecular Hbond substituents is 1. The largest absolute Gasteiger partial charge is 0.508 e. The van der Waals surface area contributed by atoms with Crippen LogP contribution in [0.2, 0.25) is 0 Å². The van der Waals surface area contributed by atoms with Crippen molar-refractivity contribution in [2.45, 2.75) is 110 Å². The van der Waals surface area contributed by atoms with Crippen molar-refractivity contribution in [3.8, 4) is 28.1 Å². The molecule has 0 saturated carbocycles. The lowest BCUT2D eigenvalue weighted by molar-refractivity contribution is -0.155. The van der Waals surface area contributed by atoms with E-state index in [1.165, 1.54) is 16.0 Å². The second-order valence-electron chi connectivity index (χ2n) is 20.9. The smallest absolute Gasteiger partial charge is 0.324 e. The number of esters is 1. The van der Waals surface area contributed by atoms with Crippen molar-refractivity contribution in [1.29, 1.82) is 0 Å². The van der Waals surface area contributed by atoms with E-state index in [0.717, 1.165) is 70.5 Å². The second-order valence-corrected chi connectivity index (χ2v) is 20.9. The van der Waals surface area contributed by atoms with Crippen molar-refractivity contribution in [1.82, 2.24) is 40.0 Å². The molecular weight excluding hydrogens is 873 g/mol. The fraction of sp³-hybridized carbons (Fsp3) is 0.519. The minimum Gasteiger partial charge on any atom is -0.508 e. The number of likely N-dealkylation sites (tertiary alicyclic amines) is 2. The SMILES string of the molecule is C=CC(=O)N1CC[C@H](C(=O)N(C)C(C(=O)N[C@H]2Cc3cc(O)cc(c3)-c3ccc4c(c3)c(c(-c3ccc(C5CCN(C)CC5)nc3)n4CC)CC(C)(C)COC(=O)[C@@H]3CCCN(N3)C2=O)C(C)C)C1. The van der Waals surface area contributed by atoms with Crippen LogP contribution in [0.5, 0.6) is 5.75 Å². The summed E-state index contributed by atoms with van der Waals surface area (Å²) in [6.45, 7) is 17.5. The van der Waals surface area contributed by atoms with E-state index >= 15 is 0 Å². The van der Waals surface area contributed by atoms with Crippen LogP contribution in [-0.2, 0) is 48.1 Å². The third-order valence-corrected chi connectivity index (χ3v) is 14.7. The molecule has 4 aliphatic rings. The molecule has 3 saturated heterocycles. The number of amides is 4. The minimum atomic E-state index is -1.15. The molecule has 15 nitrogen and oxygen atoms in total. The van der Waals surface area contributed by atoms with Crippen LogP contribution >= 0.6 is 0 Å². The number of hydrazine groups is 1. The van der Waals surface area contributed by atoms with Crippen LogP contribution in [0.1, 0.15) is 89.5 Å². The van der Waals surface area contributed by atoms with Crippen LogP contribution in [0, 0.1) is 17.3 Å². The number of pyridine rings is 1. The van der Waals surface area contributed by atoms with Crippen LogP contribution < -0.4 is 10.7 Å². The molecule has 4 aliphatic heterocycles. The number of nitrogens with zero attached hydrogens (tertiary/aromatic N) is 6. The molecule has 368 valence electrons. The predicted octanol–water partition coefficient (Wildman–Crippen LogP) is 6.07. The van der Waals surface area contributed by atoms with Gasteiger partial charge in [0.05, 0.1) is 18.2 Å². The van der Waals surface area contributed by atoms with Gasteiger partial charge in [0.15, 0.2) is 0 Å². The van der Waals surface area contributed by atoms with Crippen molar-refractivity contribution >= 4 is 40.5 Å². The molecule has 3 fully saturated rings. The Hall–Kier alpha value is -6.06. The maximum absolute atomic E-state index is 14.7. The van der Waals surface area contributed by atoms with E-state index in [1.54, 1.807) is 24.1 Å². The van der Waals surface area contributed by atoms with Gasteiger partial charge >= 0.3 is 5.97 Å². The monoisotopic (exact) mass is 943 g/mol. The lowest BCUT2D eigenvalue weighted by atomic mass is 9.84. The third-order valence-electron chi connectivity index (χ3n) is 14.7. The lowest BCUT2D eigenvalue weighted by Crippen LogP contribution is -2.62. The van der Waals surface area contributed by atoms with Crippen LogP contribution in [0.4, 0.5) is 0 Å². The summed E-state index contributed by atoms with van der Waals surface area (Å²) in [6.07, 6.45) is 7.42. The molecule has 4 atom stereocenters. The van der Waals surface area contributed by atoms with Crippen molar-refractivity contribution in [2.24, 2.45) is 17.3 Å². The van der Waals surface area contributed by atoms with Crippen LogP contribution in [0.25, 0.3) is 33.3 Å². The summed E-state index contributed by atoms with van der Waals surface area (Å²) in [6, 6.07) is 13.1. The lowest BCUT2D eigenvalue weighted by Gasteiger charge is -2.37. The highest BCUT2D eigenvalue weighted by Crippen LogP contribution is 2.41. The number of carbonyl (C=O) groups excluding carboxylic acids is 5. The van der Waals surface area contributed by atoms with Crippen molar-refractivity contribution < 1.29 is 33.8 Å². The number of ether oxygens (including phenoxy) is 1. The van der Waals surface area contributed by atoms with Gasteiger partial charge in [-0.05, 0) is 136 Å². The van der Waals surface area contributed by atoms with Gasteiger partial charge in [0.1, 0.15) is 23.9 Å². The molecule has 15 heteroatoms. The average Bonchev–Trinajstić information content (AvgIpc) is 3.95. The summed E-state index contributed by atoms with van der Waals surface area (Å²) in [5.74, 6) is -2.37.